The first-order chi connectivity index (χ1) is 8.79. The van der Waals surface area contributed by atoms with Gasteiger partial charge in [0.2, 0.25) is 5.95 Å². The summed E-state index contributed by atoms with van der Waals surface area (Å²) in [5.41, 5.74) is 8.11. The van der Waals surface area contributed by atoms with Gasteiger partial charge in [-0.2, -0.15) is 0 Å². The Morgan fingerprint density at radius 3 is 2.83 bits per heavy atom. The van der Waals surface area contributed by atoms with Crippen molar-refractivity contribution in [2.45, 2.75) is 45.1 Å². The van der Waals surface area contributed by atoms with E-state index >= 15 is 0 Å². The lowest BCUT2D eigenvalue weighted by Gasteiger charge is -2.29. The Morgan fingerprint density at radius 2 is 2.11 bits per heavy atom. The summed E-state index contributed by atoms with van der Waals surface area (Å²) in [6.45, 7) is 2.29. The molecule has 0 spiro atoms. The molecule has 2 heterocycles. The summed E-state index contributed by atoms with van der Waals surface area (Å²) < 4.78 is 2.21. The number of hydrogen-bond donors (Lipinski definition) is 1. The lowest BCUT2D eigenvalue weighted by atomic mass is 9.84. The second-order valence-corrected chi connectivity index (χ2v) is 5.29. The molecule has 1 aliphatic rings. The van der Waals surface area contributed by atoms with Crippen molar-refractivity contribution in [3.8, 4) is 0 Å². The van der Waals surface area contributed by atoms with Crippen LogP contribution in [0.3, 0.4) is 0 Å². The molecule has 4 nitrogen and oxygen atoms in total. The highest BCUT2D eigenvalue weighted by atomic mass is 15.2. The maximum atomic E-state index is 6.08. The zero-order valence-corrected chi connectivity index (χ0v) is 10.8. The van der Waals surface area contributed by atoms with E-state index in [4.69, 9.17) is 5.73 Å². The molecule has 0 amide bonds. The topological polar surface area (TPSA) is 56.7 Å². The van der Waals surface area contributed by atoms with Crippen LogP contribution in [0.4, 0.5) is 5.95 Å². The van der Waals surface area contributed by atoms with Gasteiger partial charge in [0, 0.05) is 12.2 Å². The molecule has 2 aromatic heterocycles. The van der Waals surface area contributed by atoms with Gasteiger partial charge in [-0.25, -0.2) is 4.98 Å². The van der Waals surface area contributed by atoms with Crippen molar-refractivity contribution in [2.75, 3.05) is 5.73 Å². The van der Waals surface area contributed by atoms with Gasteiger partial charge in [0.05, 0.1) is 11.7 Å². The fraction of sp³-hybridized carbons (Fsp3) is 0.571. The Balaban J connectivity index is 1.92. The third-order valence-electron chi connectivity index (χ3n) is 4.28. The molecule has 0 saturated heterocycles. The second-order valence-electron chi connectivity index (χ2n) is 5.29. The Bertz CT molecular complexity index is 538. The Kier molecular flexibility index (Phi) is 2.94. The van der Waals surface area contributed by atoms with Gasteiger partial charge in [0.15, 0.2) is 0 Å². The van der Waals surface area contributed by atoms with Crippen LogP contribution < -0.4 is 5.73 Å². The van der Waals surface area contributed by atoms with E-state index in [1.54, 1.807) is 6.20 Å². The Hall–Kier alpha value is -1.58. The Labute approximate surface area is 107 Å². The Morgan fingerprint density at radius 1 is 1.33 bits per heavy atom. The van der Waals surface area contributed by atoms with Crippen LogP contribution in [0, 0.1) is 5.92 Å². The standard InChI is InChI=1S/C14H20N4/c1-2-10-3-5-11(6-4-10)18-13-7-8-16-9-12(13)17-14(18)15/h7-11H,2-6H2,1H3,(H2,15,17). The van der Waals surface area contributed by atoms with Crippen LogP contribution in [0.25, 0.3) is 11.0 Å². The van der Waals surface area contributed by atoms with Crippen molar-refractivity contribution in [3.63, 3.8) is 0 Å². The van der Waals surface area contributed by atoms with Gasteiger partial charge in [-0.15, -0.1) is 0 Å². The zero-order chi connectivity index (χ0) is 12.5. The predicted octanol–water partition coefficient (Wildman–Crippen LogP) is 3.15. The van der Waals surface area contributed by atoms with Crippen LogP contribution in [-0.4, -0.2) is 14.5 Å². The van der Waals surface area contributed by atoms with Crippen molar-refractivity contribution < 1.29 is 0 Å². The van der Waals surface area contributed by atoms with Crippen LogP contribution >= 0.6 is 0 Å². The van der Waals surface area contributed by atoms with Gasteiger partial charge in [-0.3, -0.25) is 4.98 Å². The number of imidazole rings is 1. The highest BCUT2D eigenvalue weighted by molar-refractivity contribution is 5.77. The van der Waals surface area contributed by atoms with E-state index in [0.29, 0.717) is 12.0 Å². The molecule has 0 bridgehead atoms. The van der Waals surface area contributed by atoms with Gasteiger partial charge in [0.25, 0.3) is 0 Å². The molecule has 0 unspecified atom stereocenters. The van der Waals surface area contributed by atoms with Gasteiger partial charge in [-0.1, -0.05) is 13.3 Å². The molecule has 2 aromatic rings. The normalized spacial score (nSPS) is 24.5. The molecule has 1 saturated carbocycles. The van der Waals surface area contributed by atoms with E-state index in [-0.39, 0.29) is 0 Å². The molecule has 1 aliphatic carbocycles. The fourth-order valence-electron chi connectivity index (χ4n) is 3.16. The van der Waals surface area contributed by atoms with E-state index in [1.165, 1.54) is 32.1 Å². The summed E-state index contributed by atoms with van der Waals surface area (Å²) in [4.78, 5) is 8.51. The van der Waals surface area contributed by atoms with Gasteiger partial charge >= 0.3 is 0 Å². The lowest BCUT2D eigenvalue weighted by molar-refractivity contribution is 0.275. The van der Waals surface area contributed by atoms with Crippen molar-refractivity contribution >= 4 is 17.0 Å². The lowest BCUT2D eigenvalue weighted by Crippen LogP contribution is -2.19. The molecule has 1 fully saturated rings. The molecule has 0 atom stereocenters. The van der Waals surface area contributed by atoms with Crippen LogP contribution in [0.1, 0.15) is 45.1 Å². The van der Waals surface area contributed by atoms with E-state index in [0.717, 1.165) is 17.0 Å². The van der Waals surface area contributed by atoms with E-state index in [9.17, 15) is 0 Å². The number of nitrogens with two attached hydrogens (primary N) is 1. The summed E-state index contributed by atoms with van der Waals surface area (Å²) in [7, 11) is 0. The highest BCUT2D eigenvalue weighted by Gasteiger charge is 2.24. The number of aromatic nitrogens is 3. The minimum Gasteiger partial charge on any atom is -0.369 e. The van der Waals surface area contributed by atoms with E-state index in [2.05, 4.69) is 21.5 Å². The summed E-state index contributed by atoms with van der Waals surface area (Å²) in [6.07, 6.45) is 9.97. The van der Waals surface area contributed by atoms with Gasteiger partial charge < -0.3 is 10.3 Å². The van der Waals surface area contributed by atoms with Gasteiger partial charge in [0.1, 0.15) is 5.52 Å². The summed E-state index contributed by atoms with van der Waals surface area (Å²) in [5.74, 6) is 1.54. The van der Waals surface area contributed by atoms with Crippen LogP contribution in [0.5, 0.6) is 0 Å². The average molecular weight is 244 g/mol. The van der Waals surface area contributed by atoms with Crippen LogP contribution in [-0.2, 0) is 0 Å². The van der Waals surface area contributed by atoms with E-state index in [1.807, 2.05) is 12.3 Å². The molecular formula is C14H20N4. The molecule has 0 aromatic carbocycles. The first kappa shape index (κ1) is 11.5. The number of rotatable bonds is 2. The smallest absolute Gasteiger partial charge is 0.201 e. The molecular weight excluding hydrogens is 224 g/mol. The average Bonchev–Trinajstić information content (AvgIpc) is 2.75. The highest BCUT2D eigenvalue weighted by Crippen LogP contribution is 2.36. The minimum absolute atomic E-state index is 0.514. The quantitative estimate of drug-likeness (QED) is 0.882. The number of fused-ring (bicyclic) bond motifs is 1. The third kappa shape index (κ3) is 1.85. The zero-order valence-electron chi connectivity index (χ0n) is 10.8. The molecule has 4 heteroatoms. The first-order valence-electron chi connectivity index (χ1n) is 6.87. The fourth-order valence-corrected chi connectivity index (χ4v) is 3.16. The second kappa shape index (κ2) is 4.59. The molecule has 18 heavy (non-hydrogen) atoms. The number of hydrogen-bond acceptors (Lipinski definition) is 3. The maximum Gasteiger partial charge on any atom is 0.201 e. The minimum atomic E-state index is 0.514. The molecule has 96 valence electrons. The van der Waals surface area contributed by atoms with Crippen LogP contribution in [0.2, 0.25) is 0 Å². The predicted molar refractivity (Wildman–Crippen MR) is 73.2 cm³/mol. The van der Waals surface area contributed by atoms with E-state index < -0.39 is 0 Å². The molecule has 0 aliphatic heterocycles. The third-order valence-corrected chi connectivity index (χ3v) is 4.28. The maximum absolute atomic E-state index is 6.08. The van der Waals surface area contributed by atoms with Crippen LogP contribution in [0.15, 0.2) is 18.5 Å². The molecule has 2 N–H and O–H groups in total. The van der Waals surface area contributed by atoms with Crippen molar-refractivity contribution in [1.29, 1.82) is 0 Å². The summed E-state index contributed by atoms with van der Waals surface area (Å²) >= 11 is 0. The SMILES string of the molecule is CCC1CCC(n2c(N)nc3cnccc32)CC1. The monoisotopic (exact) mass is 244 g/mol. The first-order valence-corrected chi connectivity index (χ1v) is 6.87. The van der Waals surface area contributed by atoms with Crippen molar-refractivity contribution in [3.05, 3.63) is 18.5 Å². The van der Waals surface area contributed by atoms with Crippen molar-refractivity contribution in [2.24, 2.45) is 5.92 Å². The molecule has 0 radical (unpaired) electrons. The molecule has 3 rings (SSSR count). The summed E-state index contributed by atoms with van der Waals surface area (Å²) in [6, 6.07) is 2.53. The number of nitrogen functional groups attached to an aromatic ring is 1. The number of pyridine rings is 1. The largest absolute Gasteiger partial charge is 0.369 e. The summed E-state index contributed by atoms with van der Waals surface area (Å²) in [5, 5.41) is 0. The van der Waals surface area contributed by atoms with Crippen molar-refractivity contribution in [1.82, 2.24) is 14.5 Å². The number of anilines is 1. The van der Waals surface area contributed by atoms with Gasteiger partial charge in [-0.05, 0) is 37.7 Å². The number of nitrogens with zero attached hydrogens (tertiary/aromatic N) is 3.